The lowest BCUT2D eigenvalue weighted by atomic mass is 10.2. The van der Waals surface area contributed by atoms with Crippen molar-refractivity contribution in [2.45, 2.75) is 6.42 Å². The number of hydrogen-bond donors (Lipinski definition) is 1. The summed E-state index contributed by atoms with van der Waals surface area (Å²) in [6.07, 6.45) is -0.251. The largest absolute Gasteiger partial charge is 0.378 e. The van der Waals surface area contributed by atoms with Gasteiger partial charge in [-0.25, -0.2) is 4.39 Å². The lowest BCUT2D eigenvalue weighted by molar-refractivity contribution is -0.115. The molecule has 0 radical (unpaired) electrons. The van der Waals surface area contributed by atoms with Gasteiger partial charge in [-0.1, -0.05) is 6.07 Å². The van der Waals surface area contributed by atoms with Crippen molar-refractivity contribution in [1.82, 2.24) is 0 Å². The monoisotopic (exact) mass is 263 g/mol. The molecule has 0 bridgehead atoms. The third-order valence-corrected chi connectivity index (χ3v) is 2.83. The van der Waals surface area contributed by atoms with Crippen LogP contribution in [0.4, 0.5) is 15.8 Å². The molecule has 1 N–H and O–H groups in total. The number of benzene rings is 1. The Bertz CT molecular complexity index is 507. The second-order valence-corrected chi connectivity index (χ2v) is 4.12. The molecule has 1 aliphatic heterocycles. The van der Waals surface area contributed by atoms with Crippen molar-refractivity contribution in [2.75, 3.05) is 36.5 Å². The van der Waals surface area contributed by atoms with Gasteiger partial charge in [0.2, 0.25) is 5.91 Å². The molecule has 1 amide bonds. The van der Waals surface area contributed by atoms with E-state index in [0.29, 0.717) is 37.7 Å². The molecule has 0 aromatic heterocycles. The van der Waals surface area contributed by atoms with Crippen molar-refractivity contribution in [3.05, 3.63) is 24.0 Å². The predicted octanol–water partition coefficient (Wildman–Crippen LogP) is 1.51. The highest BCUT2D eigenvalue weighted by Gasteiger charge is 2.19. The first kappa shape index (κ1) is 13.3. The fourth-order valence-electron chi connectivity index (χ4n) is 1.99. The van der Waals surface area contributed by atoms with Gasteiger partial charge in [0.1, 0.15) is 12.2 Å². The van der Waals surface area contributed by atoms with E-state index >= 15 is 0 Å². The molecule has 1 fully saturated rings. The van der Waals surface area contributed by atoms with Crippen molar-refractivity contribution >= 4 is 17.3 Å². The van der Waals surface area contributed by atoms with Crippen LogP contribution in [-0.4, -0.2) is 32.2 Å². The fourth-order valence-corrected chi connectivity index (χ4v) is 1.99. The Morgan fingerprint density at radius 3 is 2.89 bits per heavy atom. The summed E-state index contributed by atoms with van der Waals surface area (Å²) in [5.41, 5.74) is 0.749. The van der Waals surface area contributed by atoms with E-state index in [-0.39, 0.29) is 6.42 Å². The molecule has 0 spiro atoms. The van der Waals surface area contributed by atoms with Crippen LogP contribution in [0.15, 0.2) is 18.2 Å². The molecule has 0 saturated carbocycles. The second-order valence-electron chi connectivity index (χ2n) is 4.12. The summed E-state index contributed by atoms with van der Waals surface area (Å²) in [5.74, 6) is -0.834. The number of amides is 1. The number of anilines is 2. The number of carbonyl (C=O) groups excluding carboxylic acids is 1. The highest BCUT2D eigenvalue weighted by molar-refractivity contribution is 5.95. The van der Waals surface area contributed by atoms with E-state index in [1.165, 1.54) is 12.1 Å². The molecular formula is C13H14FN3O2. The van der Waals surface area contributed by atoms with Gasteiger partial charge in [-0.05, 0) is 12.1 Å². The minimum absolute atomic E-state index is 0.251. The number of nitrogens with zero attached hydrogens (tertiary/aromatic N) is 2. The SMILES string of the molecule is N#CCC(=O)Nc1cccc(F)c1N1CCOCC1. The molecule has 5 nitrogen and oxygen atoms in total. The molecule has 1 aromatic rings. The lowest BCUT2D eigenvalue weighted by Gasteiger charge is -2.30. The standard InChI is InChI=1S/C13H14FN3O2/c14-10-2-1-3-11(16-12(18)4-5-15)13(10)17-6-8-19-9-7-17/h1-3H,4,6-9H2,(H,16,18). The summed E-state index contributed by atoms with van der Waals surface area (Å²) in [6.45, 7) is 2.20. The Morgan fingerprint density at radius 2 is 2.21 bits per heavy atom. The molecule has 2 rings (SSSR count). The number of nitrogens with one attached hydrogen (secondary N) is 1. The van der Waals surface area contributed by atoms with E-state index in [2.05, 4.69) is 5.32 Å². The molecule has 1 saturated heterocycles. The van der Waals surface area contributed by atoms with Crippen molar-refractivity contribution in [3.8, 4) is 6.07 Å². The summed E-state index contributed by atoms with van der Waals surface area (Å²) < 4.78 is 19.2. The van der Waals surface area contributed by atoms with E-state index < -0.39 is 11.7 Å². The van der Waals surface area contributed by atoms with E-state index in [0.717, 1.165) is 0 Å². The van der Waals surface area contributed by atoms with Crippen LogP contribution in [0, 0.1) is 17.1 Å². The number of rotatable bonds is 3. The van der Waals surface area contributed by atoms with Crippen LogP contribution >= 0.6 is 0 Å². The molecule has 6 heteroatoms. The quantitative estimate of drug-likeness (QED) is 0.897. The van der Waals surface area contributed by atoms with Crippen LogP contribution in [-0.2, 0) is 9.53 Å². The van der Waals surface area contributed by atoms with Crippen LogP contribution < -0.4 is 10.2 Å². The van der Waals surface area contributed by atoms with Gasteiger partial charge in [-0.2, -0.15) is 5.26 Å². The minimum Gasteiger partial charge on any atom is -0.378 e. The van der Waals surface area contributed by atoms with Gasteiger partial charge in [0.15, 0.2) is 0 Å². The lowest BCUT2D eigenvalue weighted by Crippen LogP contribution is -2.37. The van der Waals surface area contributed by atoms with Gasteiger partial charge in [0, 0.05) is 13.1 Å². The number of para-hydroxylation sites is 1. The minimum atomic E-state index is -0.442. The van der Waals surface area contributed by atoms with Crippen molar-refractivity contribution in [3.63, 3.8) is 0 Å². The average Bonchev–Trinajstić information content (AvgIpc) is 2.40. The highest BCUT2D eigenvalue weighted by Crippen LogP contribution is 2.29. The Kier molecular flexibility index (Phi) is 4.31. The molecule has 0 atom stereocenters. The van der Waals surface area contributed by atoms with E-state index in [1.54, 1.807) is 12.1 Å². The summed E-state index contributed by atoms with van der Waals surface area (Å²) in [4.78, 5) is 13.3. The summed E-state index contributed by atoms with van der Waals surface area (Å²) >= 11 is 0. The van der Waals surface area contributed by atoms with Crippen molar-refractivity contribution in [2.24, 2.45) is 0 Å². The fraction of sp³-hybridized carbons (Fsp3) is 0.385. The van der Waals surface area contributed by atoms with Gasteiger partial charge in [-0.3, -0.25) is 4.79 Å². The zero-order valence-corrected chi connectivity index (χ0v) is 10.4. The van der Waals surface area contributed by atoms with Crippen LogP contribution in [0.25, 0.3) is 0 Å². The summed E-state index contributed by atoms with van der Waals surface area (Å²) in [6, 6.07) is 6.27. The Balaban J connectivity index is 2.25. The van der Waals surface area contributed by atoms with Gasteiger partial charge in [0.05, 0.1) is 30.7 Å². The van der Waals surface area contributed by atoms with E-state index in [4.69, 9.17) is 10.00 Å². The Morgan fingerprint density at radius 1 is 1.47 bits per heavy atom. The number of nitriles is 1. The van der Waals surface area contributed by atoms with Crippen molar-refractivity contribution in [1.29, 1.82) is 5.26 Å². The van der Waals surface area contributed by atoms with Crippen LogP contribution in [0.1, 0.15) is 6.42 Å². The maximum Gasteiger partial charge on any atom is 0.238 e. The zero-order valence-electron chi connectivity index (χ0n) is 10.4. The van der Waals surface area contributed by atoms with E-state index in [9.17, 15) is 9.18 Å². The third-order valence-electron chi connectivity index (χ3n) is 2.83. The number of morpholine rings is 1. The summed E-state index contributed by atoms with van der Waals surface area (Å²) in [5, 5.41) is 11.0. The van der Waals surface area contributed by atoms with Gasteiger partial charge in [-0.15, -0.1) is 0 Å². The number of ether oxygens (including phenoxy) is 1. The van der Waals surface area contributed by atoms with Gasteiger partial charge >= 0.3 is 0 Å². The third kappa shape index (κ3) is 3.20. The van der Waals surface area contributed by atoms with Crippen LogP contribution in [0.2, 0.25) is 0 Å². The van der Waals surface area contributed by atoms with Crippen LogP contribution in [0.5, 0.6) is 0 Å². The maximum atomic E-state index is 14.0. The Labute approximate surface area is 110 Å². The normalized spacial score (nSPS) is 14.8. The topological polar surface area (TPSA) is 65.4 Å². The number of carbonyl (C=O) groups is 1. The first-order valence-electron chi connectivity index (χ1n) is 6.00. The number of halogens is 1. The molecular weight excluding hydrogens is 249 g/mol. The van der Waals surface area contributed by atoms with Gasteiger partial charge in [0.25, 0.3) is 0 Å². The number of hydrogen-bond acceptors (Lipinski definition) is 4. The molecule has 1 aromatic carbocycles. The predicted molar refractivity (Wildman–Crippen MR) is 68.3 cm³/mol. The first-order chi connectivity index (χ1) is 9.22. The Hall–Kier alpha value is -2.13. The molecule has 0 unspecified atom stereocenters. The van der Waals surface area contributed by atoms with E-state index in [1.807, 2.05) is 4.90 Å². The zero-order chi connectivity index (χ0) is 13.7. The smallest absolute Gasteiger partial charge is 0.238 e. The second kappa shape index (κ2) is 6.16. The molecule has 19 heavy (non-hydrogen) atoms. The van der Waals surface area contributed by atoms with Crippen molar-refractivity contribution < 1.29 is 13.9 Å². The summed E-state index contributed by atoms with van der Waals surface area (Å²) in [7, 11) is 0. The van der Waals surface area contributed by atoms with Gasteiger partial charge < -0.3 is 15.0 Å². The highest BCUT2D eigenvalue weighted by atomic mass is 19.1. The molecule has 0 aliphatic carbocycles. The molecule has 100 valence electrons. The average molecular weight is 263 g/mol. The van der Waals surface area contributed by atoms with Crippen LogP contribution in [0.3, 0.4) is 0 Å². The molecule has 1 aliphatic rings. The first-order valence-corrected chi connectivity index (χ1v) is 6.00. The maximum absolute atomic E-state index is 14.0. The molecule has 1 heterocycles.